The first-order valence-corrected chi connectivity index (χ1v) is 7.72. The quantitative estimate of drug-likeness (QED) is 0.744. The Kier molecular flexibility index (Phi) is 7.03. The van der Waals surface area contributed by atoms with Gasteiger partial charge in [-0.2, -0.15) is 0 Å². The topological polar surface area (TPSA) is 73.9 Å². The molecule has 0 unspecified atom stereocenters. The number of amides is 1. The van der Waals surface area contributed by atoms with Crippen LogP contribution in [0.15, 0.2) is 18.2 Å². The van der Waals surface area contributed by atoms with Crippen molar-refractivity contribution < 1.29 is 23.8 Å². The first-order chi connectivity index (χ1) is 10.9. The Balaban J connectivity index is 3.03. The lowest BCUT2D eigenvalue weighted by molar-refractivity contribution is -0.139. The number of hydrogen-bond acceptors (Lipinski definition) is 5. The lowest BCUT2D eigenvalue weighted by Gasteiger charge is -2.26. The Hall–Kier alpha value is -2.08. The van der Waals surface area contributed by atoms with Gasteiger partial charge in [-0.15, -0.1) is 0 Å². The largest absolute Gasteiger partial charge is 0.496 e. The van der Waals surface area contributed by atoms with E-state index < -0.39 is 11.6 Å². The van der Waals surface area contributed by atoms with Crippen LogP contribution in [0.2, 0.25) is 0 Å². The van der Waals surface area contributed by atoms with Gasteiger partial charge in [0.05, 0.1) is 13.7 Å². The van der Waals surface area contributed by atoms with Gasteiger partial charge in [-0.3, -0.25) is 4.79 Å². The molecule has 0 radical (unpaired) electrons. The van der Waals surface area contributed by atoms with Crippen LogP contribution in [0.5, 0.6) is 5.75 Å². The highest BCUT2D eigenvalue weighted by Crippen LogP contribution is 2.25. The summed E-state index contributed by atoms with van der Waals surface area (Å²) < 4.78 is 15.7. The summed E-state index contributed by atoms with van der Waals surface area (Å²) in [7, 11) is 1.47. The van der Waals surface area contributed by atoms with E-state index in [1.54, 1.807) is 26.0 Å². The van der Waals surface area contributed by atoms with E-state index in [2.05, 4.69) is 5.32 Å². The van der Waals surface area contributed by atoms with Crippen molar-refractivity contribution in [2.24, 2.45) is 0 Å². The summed E-state index contributed by atoms with van der Waals surface area (Å²) in [4.78, 5) is 24.4. The molecule has 1 aromatic carbocycles. The van der Waals surface area contributed by atoms with Crippen molar-refractivity contribution in [3.63, 3.8) is 0 Å². The van der Waals surface area contributed by atoms with Crippen LogP contribution >= 0.6 is 0 Å². The second-order valence-corrected chi connectivity index (χ2v) is 5.11. The van der Waals surface area contributed by atoms with Crippen LogP contribution in [-0.2, 0) is 14.3 Å². The molecule has 0 fully saturated rings. The number of hydrogen-bond donors (Lipinski definition) is 1. The average Bonchev–Trinajstić information content (AvgIpc) is 2.55. The van der Waals surface area contributed by atoms with Crippen molar-refractivity contribution in [1.82, 2.24) is 0 Å². The molecule has 128 valence electrons. The molecule has 1 N–H and O–H groups in total. The molecule has 0 aliphatic rings. The predicted octanol–water partition coefficient (Wildman–Crippen LogP) is 3.02. The molecular formula is C17H25NO5. The molecule has 23 heavy (non-hydrogen) atoms. The zero-order valence-electron chi connectivity index (χ0n) is 14.4. The Morgan fingerprint density at radius 1 is 1.17 bits per heavy atom. The highest BCUT2D eigenvalue weighted by molar-refractivity contribution is 5.99. The van der Waals surface area contributed by atoms with Gasteiger partial charge in [-0.25, -0.2) is 4.79 Å². The first-order valence-electron chi connectivity index (χ1n) is 7.72. The number of methoxy groups -OCH3 is 1. The van der Waals surface area contributed by atoms with E-state index in [-0.39, 0.29) is 18.1 Å². The van der Waals surface area contributed by atoms with E-state index in [1.165, 1.54) is 13.2 Å². The maximum absolute atomic E-state index is 12.4. The van der Waals surface area contributed by atoms with Crippen LogP contribution in [-0.4, -0.2) is 37.8 Å². The molecule has 1 rings (SSSR count). The molecule has 0 saturated carbocycles. The maximum Gasteiger partial charge on any atom is 0.341 e. The summed E-state index contributed by atoms with van der Waals surface area (Å²) in [5, 5.41) is 2.78. The highest BCUT2D eigenvalue weighted by Gasteiger charge is 2.32. The van der Waals surface area contributed by atoms with E-state index in [9.17, 15) is 9.59 Å². The minimum Gasteiger partial charge on any atom is -0.496 e. The van der Waals surface area contributed by atoms with Gasteiger partial charge in [0, 0.05) is 12.3 Å². The molecule has 0 bridgehead atoms. The van der Waals surface area contributed by atoms with Crippen LogP contribution in [0, 0.1) is 0 Å². The van der Waals surface area contributed by atoms with Crippen molar-refractivity contribution in [1.29, 1.82) is 0 Å². The molecule has 6 nitrogen and oxygen atoms in total. The predicted molar refractivity (Wildman–Crippen MR) is 87.9 cm³/mol. The monoisotopic (exact) mass is 323 g/mol. The zero-order chi connectivity index (χ0) is 17.5. The maximum atomic E-state index is 12.4. The molecule has 0 heterocycles. The van der Waals surface area contributed by atoms with Crippen molar-refractivity contribution in [2.75, 3.05) is 25.6 Å². The lowest BCUT2D eigenvalue weighted by Crippen LogP contribution is -2.42. The number of carbonyl (C=O) groups is 2. The Bertz CT molecular complexity index is 558. The van der Waals surface area contributed by atoms with E-state index in [1.807, 2.05) is 13.8 Å². The summed E-state index contributed by atoms with van der Waals surface area (Å²) in [6.45, 7) is 7.89. The number of esters is 1. The third-order valence-electron chi connectivity index (χ3n) is 3.57. The Morgan fingerprint density at radius 2 is 1.87 bits per heavy atom. The van der Waals surface area contributed by atoms with Crippen molar-refractivity contribution in [3.05, 3.63) is 23.8 Å². The minimum absolute atomic E-state index is 0.261. The number of carbonyl (C=O) groups excluding carboxylic acids is 2. The molecular weight excluding hydrogens is 298 g/mol. The first kappa shape index (κ1) is 19.0. The van der Waals surface area contributed by atoms with E-state index >= 15 is 0 Å². The second-order valence-electron chi connectivity index (χ2n) is 5.11. The Labute approximate surface area is 137 Å². The zero-order valence-corrected chi connectivity index (χ0v) is 14.4. The van der Waals surface area contributed by atoms with Crippen molar-refractivity contribution in [2.45, 2.75) is 39.7 Å². The van der Waals surface area contributed by atoms with E-state index in [0.29, 0.717) is 24.5 Å². The number of anilines is 1. The number of nitrogens with one attached hydrogen (secondary N) is 1. The summed E-state index contributed by atoms with van der Waals surface area (Å²) >= 11 is 0. The summed E-state index contributed by atoms with van der Waals surface area (Å²) in [5.74, 6) is -0.366. The summed E-state index contributed by atoms with van der Waals surface area (Å²) in [6, 6.07) is 4.82. The van der Waals surface area contributed by atoms with E-state index in [0.717, 1.165) is 0 Å². The standard InChI is InChI=1S/C17H25NO5/c1-6-17(4,23-8-3)16(20)18-12-9-10-14(21-5)13(11-12)15(19)22-7-2/h9-11H,6-8H2,1-5H3,(H,18,20)/t17-/m0/s1. The van der Waals surface area contributed by atoms with Crippen LogP contribution < -0.4 is 10.1 Å². The van der Waals surface area contributed by atoms with Crippen LogP contribution in [0.4, 0.5) is 5.69 Å². The van der Waals surface area contributed by atoms with Gasteiger partial charge in [0.1, 0.15) is 16.9 Å². The van der Waals surface area contributed by atoms with Crippen molar-refractivity contribution in [3.8, 4) is 5.75 Å². The van der Waals surface area contributed by atoms with Gasteiger partial charge in [0.2, 0.25) is 0 Å². The van der Waals surface area contributed by atoms with Gasteiger partial charge in [0.15, 0.2) is 0 Å². The second kappa shape index (κ2) is 8.53. The SMILES string of the molecule is CCOC(=O)c1cc(NC(=O)[C@](C)(CC)OCC)ccc1OC. The number of benzene rings is 1. The fourth-order valence-electron chi connectivity index (χ4n) is 2.06. The fourth-order valence-corrected chi connectivity index (χ4v) is 2.06. The van der Waals surface area contributed by atoms with Crippen molar-refractivity contribution >= 4 is 17.6 Å². The highest BCUT2D eigenvalue weighted by atomic mass is 16.5. The van der Waals surface area contributed by atoms with Crippen LogP contribution in [0.25, 0.3) is 0 Å². The third kappa shape index (κ3) is 4.69. The normalized spacial score (nSPS) is 13.1. The molecule has 1 amide bonds. The van der Waals surface area contributed by atoms with Gasteiger partial charge in [-0.1, -0.05) is 6.92 Å². The molecule has 0 spiro atoms. The summed E-state index contributed by atoms with van der Waals surface area (Å²) in [5.41, 5.74) is -0.168. The van der Waals surface area contributed by atoms with Crippen LogP contribution in [0.3, 0.4) is 0 Å². The van der Waals surface area contributed by atoms with Gasteiger partial charge >= 0.3 is 5.97 Å². The number of rotatable bonds is 8. The van der Waals surface area contributed by atoms with E-state index in [4.69, 9.17) is 14.2 Å². The average molecular weight is 323 g/mol. The van der Waals surface area contributed by atoms with Gasteiger partial charge in [-0.05, 0) is 45.4 Å². The molecule has 0 aliphatic carbocycles. The van der Waals surface area contributed by atoms with Gasteiger partial charge < -0.3 is 19.5 Å². The smallest absolute Gasteiger partial charge is 0.341 e. The van der Waals surface area contributed by atoms with Crippen LogP contribution in [0.1, 0.15) is 44.5 Å². The third-order valence-corrected chi connectivity index (χ3v) is 3.57. The minimum atomic E-state index is -0.918. The molecule has 0 aliphatic heterocycles. The molecule has 6 heteroatoms. The molecule has 0 aromatic heterocycles. The lowest BCUT2D eigenvalue weighted by atomic mass is 10.0. The fraction of sp³-hybridized carbons (Fsp3) is 0.529. The number of ether oxygens (including phenoxy) is 3. The summed E-state index contributed by atoms with van der Waals surface area (Å²) in [6.07, 6.45) is 0.535. The van der Waals surface area contributed by atoms with Gasteiger partial charge in [0.25, 0.3) is 5.91 Å². The molecule has 1 aromatic rings. The Morgan fingerprint density at radius 3 is 2.39 bits per heavy atom. The molecule has 0 saturated heterocycles. The molecule has 1 atom stereocenters.